The Morgan fingerprint density at radius 2 is 2.45 bits per heavy atom. The second-order valence-electron chi connectivity index (χ2n) is 2.86. The first-order valence-corrected chi connectivity index (χ1v) is 5.41. The van der Waals surface area contributed by atoms with Gasteiger partial charge in [-0.1, -0.05) is 22.6 Å². The SMILES string of the molecule is C[C@H](I)OCC1CCCCO1. The lowest BCUT2D eigenvalue weighted by atomic mass is 10.1. The molecule has 1 rings (SSSR count). The minimum atomic E-state index is 0.304. The molecule has 1 heterocycles. The Morgan fingerprint density at radius 3 is 3.00 bits per heavy atom. The summed E-state index contributed by atoms with van der Waals surface area (Å²) < 4.78 is 11.2. The molecule has 3 heteroatoms. The third-order valence-corrected chi connectivity index (χ3v) is 2.15. The van der Waals surface area contributed by atoms with Crippen LogP contribution < -0.4 is 0 Å². The Balaban J connectivity index is 2.05. The minimum Gasteiger partial charge on any atom is -0.376 e. The van der Waals surface area contributed by atoms with E-state index in [-0.39, 0.29) is 0 Å². The predicted octanol–water partition coefficient (Wildman–Crippen LogP) is 2.35. The fraction of sp³-hybridized carbons (Fsp3) is 1.00. The van der Waals surface area contributed by atoms with Crippen LogP contribution in [-0.4, -0.2) is 23.4 Å². The summed E-state index contributed by atoms with van der Waals surface area (Å²) in [5, 5.41) is 0. The fourth-order valence-corrected chi connectivity index (χ4v) is 1.39. The molecule has 2 nitrogen and oxygen atoms in total. The maximum Gasteiger partial charge on any atom is 0.106 e. The topological polar surface area (TPSA) is 18.5 Å². The average Bonchev–Trinajstić information content (AvgIpc) is 2.03. The molecule has 0 amide bonds. The van der Waals surface area contributed by atoms with E-state index in [1.807, 2.05) is 6.92 Å². The fourth-order valence-electron chi connectivity index (χ4n) is 1.18. The molecule has 11 heavy (non-hydrogen) atoms. The number of hydrogen-bond donors (Lipinski definition) is 0. The van der Waals surface area contributed by atoms with Gasteiger partial charge in [-0.05, 0) is 26.2 Å². The highest BCUT2D eigenvalue weighted by Gasteiger charge is 2.14. The van der Waals surface area contributed by atoms with Crippen molar-refractivity contribution in [3.8, 4) is 0 Å². The molecule has 66 valence electrons. The average molecular weight is 270 g/mol. The lowest BCUT2D eigenvalue weighted by Crippen LogP contribution is -2.25. The molecule has 1 saturated heterocycles. The Morgan fingerprint density at radius 1 is 1.64 bits per heavy atom. The van der Waals surface area contributed by atoms with E-state index in [0.717, 1.165) is 13.2 Å². The first-order valence-electron chi connectivity index (χ1n) is 4.16. The molecule has 1 fully saturated rings. The summed E-state index contributed by atoms with van der Waals surface area (Å²) >= 11 is 2.26. The monoisotopic (exact) mass is 270 g/mol. The minimum absolute atomic E-state index is 0.304. The van der Waals surface area contributed by atoms with Crippen molar-refractivity contribution < 1.29 is 9.47 Å². The van der Waals surface area contributed by atoms with E-state index in [0.29, 0.717) is 10.2 Å². The van der Waals surface area contributed by atoms with E-state index in [1.54, 1.807) is 0 Å². The summed E-state index contributed by atoms with van der Waals surface area (Å²) in [5.41, 5.74) is 0. The lowest BCUT2D eigenvalue weighted by Gasteiger charge is -2.22. The van der Waals surface area contributed by atoms with Gasteiger partial charge < -0.3 is 9.47 Å². The Hall–Kier alpha value is 0.650. The quantitative estimate of drug-likeness (QED) is 0.579. The van der Waals surface area contributed by atoms with Gasteiger partial charge in [0.05, 0.1) is 12.7 Å². The zero-order valence-electron chi connectivity index (χ0n) is 6.88. The van der Waals surface area contributed by atoms with Crippen molar-refractivity contribution in [3.05, 3.63) is 0 Å². The van der Waals surface area contributed by atoms with Crippen LogP contribution in [0.5, 0.6) is 0 Å². The van der Waals surface area contributed by atoms with E-state index in [4.69, 9.17) is 9.47 Å². The standard InChI is InChI=1S/C8H15IO2/c1-7(9)11-6-8-4-2-3-5-10-8/h7-8H,2-6H2,1H3/t7-,8?/m1/s1. The zero-order chi connectivity index (χ0) is 8.10. The van der Waals surface area contributed by atoms with Gasteiger partial charge in [0.2, 0.25) is 0 Å². The Labute approximate surface area is 81.8 Å². The number of halogens is 1. The van der Waals surface area contributed by atoms with Crippen LogP contribution in [0.25, 0.3) is 0 Å². The second kappa shape index (κ2) is 5.32. The molecule has 1 unspecified atom stereocenters. The molecule has 1 aliphatic rings. The molecule has 0 N–H and O–H groups in total. The summed E-state index contributed by atoms with van der Waals surface area (Å²) in [6.07, 6.45) is 4.05. The van der Waals surface area contributed by atoms with Gasteiger partial charge in [0, 0.05) is 6.61 Å². The summed E-state index contributed by atoms with van der Waals surface area (Å²) in [6, 6.07) is 0. The largest absolute Gasteiger partial charge is 0.376 e. The van der Waals surface area contributed by atoms with Gasteiger partial charge in [-0.15, -0.1) is 0 Å². The smallest absolute Gasteiger partial charge is 0.106 e. The van der Waals surface area contributed by atoms with E-state index < -0.39 is 0 Å². The van der Waals surface area contributed by atoms with Gasteiger partial charge in [-0.25, -0.2) is 0 Å². The molecule has 0 aromatic carbocycles. The summed E-state index contributed by atoms with van der Waals surface area (Å²) in [4.78, 5) is 0. The molecular weight excluding hydrogens is 255 g/mol. The van der Waals surface area contributed by atoms with Crippen LogP contribution in [0, 0.1) is 0 Å². The summed E-state index contributed by atoms with van der Waals surface area (Å²) in [6.45, 7) is 3.73. The molecule has 0 bridgehead atoms. The van der Waals surface area contributed by atoms with Crippen molar-refractivity contribution in [2.75, 3.05) is 13.2 Å². The number of alkyl halides is 1. The van der Waals surface area contributed by atoms with Gasteiger partial charge in [0.1, 0.15) is 4.11 Å². The molecule has 0 saturated carbocycles. The van der Waals surface area contributed by atoms with Crippen LogP contribution in [0.1, 0.15) is 26.2 Å². The first kappa shape index (κ1) is 9.74. The summed E-state index contributed by atoms with van der Waals surface area (Å²) in [5.74, 6) is 0. The molecule has 0 aliphatic carbocycles. The van der Waals surface area contributed by atoms with Gasteiger partial charge in [-0.3, -0.25) is 0 Å². The number of hydrogen-bond acceptors (Lipinski definition) is 2. The van der Waals surface area contributed by atoms with Gasteiger partial charge in [0.15, 0.2) is 0 Å². The van der Waals surface area contributed by atoms with E-state index in [9.17, 15) is 0 Å². The summed E-state index contributed by atoms with van der Waals surface area (Å²) in [7, 11) is 0. The van der Waals surface area contributed by atoms with Crippen LogP contribution in [0.2, 0.25) is 0 Å². The zero-order valence-corrected chi connectivity index (χ0v) is 9.04. The van der Waals surface area contributed by atoms with Crippen LogP contribution >= 0.6 is 22.6 Å². The van der Waals surface area contributed by atoms with Crippen molar-refractivity contribution in [1.29, 1.82) is 0 Å². The molecule has 1 aliphatic heterocycles. The number of rotatable bonds is 3. The van der Waals surface area contributed by atoms with Crippen LogP contribution in [-0.2, 0) is 9.47 Å². The molecule has 2 atom stereocenters. The van der Waals surface area contributed by atoms with Crippen LogP contribution in [0.15, 0.2) is 0 Å². The number of ether oxygens (including phenoxy) is 2. The lowest BCUT2D eigenvalue weighted by molar-refractivity contribution is -0.0411. The van der Waals surface area contributed by atoms with Crippen molar-refractivity contribution in [3.63, 3.8) is 0 Å². The maximum atomic E-state index is 5.50. The van der Waals surface area contributed by atoms with Crippen molar-refractivity contribution in [2.45, 2.75) is 36.4 Å². The molecule has 0 radical (unpaired) electrons. The van der Waals surface area contributed by atoms with Gasteiger partial charge in [-0.2, -0.15) is 0 Å². The Bertz CT molecular complexity index is 100. The molecule has 0 spiro atoms. The highest BCUT2D eigenvalue weighted by Crippen LogP contribution is 2.14. The van der Waals surface area contributed by atoms with Crippen molar-refractivity contribution in [2.24, 2.45) is 0 Å². The third kappa shape index (κ3) is 4.28. The molecular formula is C8H15IO2. The molecule has 0 aromatic rings. The van der Waals surface area contributed by atoms with Crippen molar-refractivity contribution >= 4 is 22.6 Å². The highest BCUT2D eigenvalue weighted by atomic mass is 127. The van der Waals surface area contributed by atoms with E-state index >= 15 is 0 Å². The van der Waals surface area contributed by atoms with Gasteiger partial charge in [0.25, 0.3) is 0 Å². The predicted molar refractivity (Wildman–Crippen MR) is 53.0 cm³/mol. The van der Waals surface area contributed by atoms with Crippen molar-refractivity contribution in [1.82, 2.24) is 0 Å². The maximum absolute atomic E-state index is 5.50. The Kier molecular flexibility index (Phi) is 4.71. The third-order valence-electron chi connectivity index (χ3n) is 1.79. The van der Waals surface area contributed by atoms with Crippen LogP contribution in [0.4, 0.5) is 0 Å². The van der Waals surface area contributed by atoms with E-state index in [2.05, 4.69) is 22.6 Å². The van der Waals surface area contributed by atoms with Crippen LogP contribution in [0.3, 0.4) is 0 Å². The second-order valence-corrected chi connectivity index (χ2v) is 4.62. The van der Waals surface area contributed by atoms with Gasteiger partial charge >= 0.3 is 0 Å². The normalized spacial score (nSPS) is 28.4. The first-order chi connectivity index (χ1) is 5.29. The van der Waals surface area contributed by atoms with E-state index in [1.165, 1.54) is 19.3 Å². The highest BCUT2D eigenvalue weighted by molar-refractivity contribution is 14.1. The molecule has 0 aromatic heterocycles.